The molecule has 0 bridgehead atoms. The molecule has 0 aliphatic carbocycles. The van der Waals surface area contributed by atoms with Gasteiger partial charge in [0.05, 0.1) is 18.1 Å². The zero-order chi connectivity index (χ0) is 9.10. The van der Waals surface area contributed by atoms with Crippen molar-refractivity contribution in [1.29, 1.82) is 0 Å². The molecule has 0 saturated carbocycles. The first-order chi connectivity index (χ1) is 6.36. The first kappa shape index (κ1) is 8.91. The van der Waals surface area contributed by atoms with Crippen molar-refractivity contribution < 1.29 is 0 Å². The van der Waals surface area contributed by atoms with Crippen LogP contribution in [0.3, 0.4) is 0 Å². The second kappa shape index (κ2) is 4.03. The molecule has 3 nitrogen and oxygen atoms in total. The van der Waals surface area contributed by atoms with Crippen LogP contribution < -0.4 is 5.32 Å². The third-order valence-electron chi connectivity index (χ3n) is 2.40. The smallest absolute Gasteiger partial charge is 0.147 e. The summed E-state index contributed by atoms with van der Waals surface area (Å²) in [6.07, 6.45) is 5.71. The Bertz CT molecular complexity index is 267. The van der Waals surface area contributed by atoms with Gasteiger partial charge in [-0.3, -0.25) is 4.98 Å². The molecule has 1 aromatic heterocycles. The van der Waals surface area contributed by atoms with Gasteiger partial charge in [-0.2, -0.15) is 0 Å². The summed E-state index contributed by atoms with van der Waals surface area (Å²) in [5.74, 6) is 0.561. The Morgan fingerprint density at radius 2 is 2.00 bits per heavy atom. The van der Waals surface area contributed by atoms with Gasteiger partial charge in [0, 0.05) is 5.92 Å². The monoisotopic (exact) mass is 197 g/mol. The average Bonchev–Trinajstić information content (AvgIpc) is 2.20. The van der Waals surface area contributed by atoms with Crippen molar-refractivity contribution in [2.24, 2.45) is 0 Å². The topological polar surface area (TPSA) is 37.8 Å². The summed E-state index contributed by atoms with van der Waals surface area (Å²) in [7, 11) is 0. The molecule has 0 spiro atoms. The van der Waals surface area contributed by atoms with Crippen LogP contribution in [0.5, 0.6) is 0 Å². The molecule has 13 heavy (non-hydrogen) atoms. The first-order valence-corrected chi connectivity index (χ1v) is 4.92. The van der Waals surface area contributed by atoms with Gasteiger partial charge in [-0.25, -0.2) is 4.98 Å². The van der Waals surface area contributed by atoms with Gasteiger partial charge < -0.3 is 5.32 Å². The summed E-state index contributed by atoms with van der Waals surface area (Å²) in [4.78, 5) is 8.32. The van der Waals surface area contributed by atoms with E-state index in [1.54, 1.807) is 12.4 Å². The molecule has 2 rings (SSSR count). The molecular formula is C9H12ClN3. The first-order valence-electron chi connectivity index (χ1n) is 4.54. The third-order valence-corrected chi connectivity index (χ3v) is 2.59. The number of aromatic nitrogens is 2. The largest absolute Gasteiger partial charge is 0.317 e. The van der Waals surface area contributed by atoms with Crippen molar-refractivity contribution in [1.82, 2.24) is 15.3 Å². The Balaban J connectivity index is 2.10. The molecular weight excluding hydrogens is 186 g/mol. The molecule has 2 heterocycles. The lowest BCUT2D eigenvalue weighted by molar-refractivity contribution is 0.452. The van der Waals surface area contributed by atoms with E-state index in [9.17, 15) is 0 Å². The zero-order valence-electron chi connectivity index (χ0n) is 7.33. The van der Waals surface area contributed by atoms with E-state index in [1.165, 1.54) is 0 Å². The Morgan fingerprint density at radius 1 is 1.23 bits per heavy atom. The van der Waals surface area contributed by atoms with Crippen molar-refractivity contribution in [2.75, 3.05) is 13.1 Å². The van der Waals surface area contributed by atoms with Crippen LogP contribution in [0, 0.1) is 0 Å². The van der Waals surface area contributed by atoms with Crippen molar-refractivity contribution in [3.8, 4) is 0 Å². The maximum atomic E-state index is 5.66. The number of halogens is 1. The lowest BCUT2D eigenvalue weighted by atomic mass is 9.95. The van der Waals surface area contributed by atoms with E-state index in [-0.39, 0.29) is 0 Å². The molecule has 70 valence electrons. The average molecular weight is 198 g/mol. The molecule has 1 saturated heterocycles. The minimum atomic E-state index is 0.470. The van der Waals surface area contributed by atoms with Crippen molar-refractivity contribution >= 4 is 11.6 Å². The molecule has 1 aliphatic rings. The van der Waals surface area contributed by atoms with Crippen LogP contribution in [0.4, 0.5) is 0 Å². The number of hydrogen-bond acceptors (Lipinski definition) is 3. The van der Waals surface area contributed by atoms with Crippen LogP contribution in [-0.4, -0.2) is 23.1 Å². The summed E-state index contributed by atoms with van der Waals surface area (Å²) in [5, 5.41) is 3.79. The highest BCUT2D eigenvalue weighted by Crippen LogP contribution is 2.22. The van der Waals surface area contributed by atoms with Crippen LogP contribution in [0.2, 0.25) is 5.15 Å². The molecule has 0 atom stereocenters. The second-order valence-corrected chi connectivity index (χ2v) is 3.68. The Morgan fingerprint density at radius 3 is 2.62 bits per heavy atom. The molecule has 4 heteroatoms. The van der Waals surface area contributed by atoms with Gasteiger partial charge in [0.15, 0.2) is 0 Å². The zero-order valence-corrected chi connectivity index (χ0v) is 8.09. The Labute approximate surface area is 82.5 Å². The van der Waals surface area contributed by atoms with E-state index in [2.05, 4.69) is 15.3 Å². The normalized spacial score (nSPS) is 18.8. The van der Waals surface area contributed by atoms with E-state index in [0.29, 0.717) is 11.1 Å². The van der Waals surface area contributed by atoms with E-state index in [0.717, 1.165) is 31.6 Å². The fourth-order valence-corrected chi connectivity index (χ4v) is 1.75. The minimum absolute atomic E-state index is 0.470. The van der Waals surface area contributed by atoms with Crippen molar-refractivity contribution in [3.05, 3.63) is 23.2 Å². The van der Waals surface area contributed by atoms with Crippen molar-refractivity contribution in [3.63, 3.8) is 0 Å². The van der Waals surface area contributed by atoms with Gasteiger partial charge in [0.25, 0.3) is 0 Å². The van der Waals surface area contributed by atoms with Gasteiger partial charge in [0.1, 0.15) is 5.15 Å². The van der Waals surface area contributed by atoms with E-state index >= 15 is 0 Å². The minimum Gasteiger partial charge on any atom is -0.317 e. The highest BCUT2D eigenvalue weighted by atomic mass is 35.5. The number of rotatable bonds is 1. The van der Waals surface area contributed by atoms with Crippen LogP contribution >= 0.6 is 11.6 Å². The number of nitrogens with one attached hydrogen (secondary N) is 1. The molecule has 0 aromatic carbocycles. The van der Waals surface area contributed by atoms with Crippen molar-refractivity contribution in [2.45, 2.75) is 18.8 Å². The summed E-state index contributed by atoms with van der Waals surface area (Å²) in [6.45, 7) is 2.16. The summed E-state index contributed by atoms with van der Waals surface area (Å²) in [5.41, 5.74) is 1.07. The Kier molecular flexibility index (Phi) is 2.76. The standard InChI is InChI=1S/C9H12ClN3/c10-9-6-12-8(5-13-9)7-1-3-11-4-2-7/h5-7,11H,1-4H2. The maximum Gasteiger partial charge on any atom is 0.147 e. The lowest BCUT2D eigenvalue weighted by Gasteiger charge is -2.21. The van der Waals surface area contributed by atoms with Crippen LogP contribution in [0.15, 0.2) is 12.4 Å². The van der Waals surface area contributed by atoms with Gasteiger partial charge in [-0.15, -0.1) is 0 Å². The van der Waals surface area contributed by atoms with Crippen LogP contribution in [0.25, 0.3) is 0 Å². The maximum absolute atomic E-state index is 5.66. The van der Waals surface area contributed by atoms with Gasteiger partial charge in [-0.1, -0.05) is 11.6 Å². The van der Waals surface area contributed by atoms with Gasteiger partial charge in [0.2, 0.25) is 0 Å². The van der Waals surface area contributed by atoms with Crippen LogP contribution in [0.1, 0.15) is 24.5 Å². The van der Waals surface area contributed by atoms with Gasteiger partial charge >= 0.3 is 0 Å². The molecule has 1 aromatic rings. The predicted molar refractivity (Wildman–Crippen MR) is 51.9 cm³/mol. The fraction of sp³-hybridized carbons (Fsp3) is 0.556. The fourth-order valence-electron chi connectivity index (χ4n) is 1.65. The summed E-state index contributed by atoms with van der Waals surface area (Å²) >= 11 is 5.66. The quantitative estimate of drug-likeness (QED) is 0.743. The molecule has 0 amide bonds. The number of hydrogen-bond donors (Lipinski definition) is 1. The second-order valence-electron chi connectivity index (χ2n) is 3.29. The summed E-state index contributed by atoms with van der Waals surface area (Å²) in [6, 6.07) is 0. The summed E-state index contributed by atoms with van der Waals surface area (Å²) < 4.78 is 0. The SMILES string of the molecule is Clc1cnc(C2CCNCC2)cn1. The van der Waals surface area contributed by atoms with E-state index in [4.69, 9.17) is 11.6 Å². The predicted octanol–water partition coefficient (Wildman–Crippen LogP) is 1.60. The molecule has 1 fully saturated rings. The molecule has 0 radical (unpaired) electrons. The molecule has 0 unspecified atom stereocenters. The highest BCUT2D eigenvalue weighted by molar-refractivity contribution is 6.29. The molecule has 1 aliphatic heterocycles. The Hall–Kier alpha value is -0.670. The number of nitrogens with zero attached hydrogens (tertiary/aromatic N) is 2. The van der Waals surface area contributed by atoms with Gasteiger partial charge in [-0.05, 0) is 25.9 Å². The lowest BCUT2D eigenvalue weighted by Crippen LogP contribution is -2.27. The van der Waals surface area contributed by atoms with Crippen LogP contribution in [-0.2, 0) is 0 Å². The number of piperidine rings is 1. The van der Waals surface area contributed by atoms with E-state index in [1.807, 2.05) is 0 Å². The highest BCUT2D eigenvalue weighted by Gasteiger charge is 2.16. The molecule has 1 N–H and O–H groups in total. The van der Waals surface area contributed by atoms with E-state index < -0.39 is 0 Å². The third kappa shape index (κ3) is 2.17.